The Kier molecular flexibility index (Phi) is 8.72. The maximum Gasteiger partial charge on any atom is 0.319 e. The largest absolute Gasteiger partial charge is 0.461 e. The second kappa shape index (κ2) is 13.3. The number of carbonyl (C=O) groups is 1. The lowest BCUT2D eigenvalue weighted by atomic mass is 9.95. The maximum atomic E-state index is 16.8. The van der Waals surface area contributed by atoms with E-state index in [9.17, 15) is 4.79 Å². The first-order valence-corrected chi connectivity index (χ1v) is 17.9. The standard InChI is InChI=1S/C38H40ClFN8O2/c1-24-41-17-13-26(43-24)11-12-31(49)47-20-14-27(22-47)46(2)36-29-21-42-34(28-9-3-7-25-8-4-10-30(39)32(25)28)33(40)35(29)44-37(45-36)50-23-38-15-5-18-48(38)19-6-16-38/h3-4,7-10,13,17,21,27H,5-6,11-12,14-16,18-20,22-23H2,1-2H3. The molecule has 0 bridgehead atoms. The van der Waals surface area contributed by atoms with Gasteiger partial charge in [0.2, 0.25) is 5.91 Å². The number of amides is 1. The van der Waals surface area contributed by atoms with Gasteiger partial charge in [0.25, 0.3) is 0 Å². The van der Waals surface area contributed by atoms with Crippen molar-refractivity contribution in [3.05, 3.63) is 77.2 Å². The van der Waals surface area contributed by atoms with E-state index in [0.29, 0.717) is 60.2 Å². The molecule has 0 N–H and O–H groups in total. The number of hydrogen-bond donors (Lipinski definition) is 0. The number of likely N-dealkylation sites (tertiary alicyclic amines) is 1. The molecule has 50 heavy (non-hydrogen) atoms. The summed E-state index contributed by atoms with van der Waals surface area (Å²) in [6.07, 6.45) is 9.47. The maximum absolute atomic E-state index is 16.8. The lowest BCUT2D eigenvalue weighted by Gasteiger charge is -2.31. The monoisotopic (exact) mass is 694 g/mol. The molecule has 5 aromatic rings. The molecule has 0 spiro atoms. The molecule has 0 aliphatic carbocycles. The number of fused-ring (bicyclic) bond motifs is 3. The van der Waals surface area contributed by atoms with Crippen molar-refractivity contribution >= 4 is 45.0 Å². The zero-order valence-corrected chi connectivity index (χ0v) is 29.2. The number of rotatable bonds is 9. The summed E-state index contributed by atoms with van der Waals surface area (Å²) in [5.41, 5.74) is 1.74. The van der Waals surface area contributed by atoms with E-state index < -0.39 is 5.82 Å². The average molecular weight is 695 g/mol. The van der Waals surface area contributed by atoms with Gasteiger partial charge in [0.1, 0.15) is 29.5 Å². The lowest BCUT2D eigenvalue weighted by Crippen LogP contribution is -2.43. The van der Waals surface area contributed by atoms with Crippen LogP contribution in [0.5, 0.6) is 6.01 Å². The number of nitrogens with zero attached hydrogens (tertiary/aromatic N) is 8. The van der Waals surface area contributed by atoms with E-state index in [1.165, 1.54) is 0 Å². The van der Waals surface area contributed by atoms with Crippen LogP contribution in [0, 0.1) is 12.7 Å². The number of benzene rings is 2. The van der Waals surface area contributed by atoms with Gasteiger partial charge in [-0.15, -0.1) is 0 Å². The predicted molar refractivity (Wildman–Crippen MR) is 192 cm³/mol. The smallest absolute Gasteiger partial charge is 0.319 e. The van der Waals surface area contributed by atoms with Crippen LogP contribution in [0.15, 0.2) is 54.9 Å². The van der Waals surface area contributed by atoms with Crippen molar-refractivity contribution in [3.8, 4) is 17.3 Å². The molecule has 8 rings (SSSR count). The molecule has 3 fully saturated rings. The van der Waals surface area contributed by atoms with Gasteiger partial charge in [-0.2, -0.15) is 9.97 Å². The summed E-state index contributed by atoms with van der Waals surface area (Å²) < 4.78 is 23.3. The molecule has 10 nitrogen and oxygen atoms in total. The van der Waals surface area contributed by atoms with Crippen molar-refractivity contribution < 1.29 is 13.9 Å². The second-order valence-electron chi connectivity index (χ2n) is 13.9. The summed E-state index contributed by atoms with van der Waals surface area (Å²) in [5.74, 6) is 0.751. The zero-order valence-electron chi connectivity index (χ0n) is 28.4. The normalized spacial score (nSPS) is 18.6. The minimum atomic E-state index is -0.554. The molecular weight excluding hydrogens is 655 g/mol. The molecule has 0 radical (unpaired) electrons. The van der Waals surface area contributed by atoms with Gasteiger partial charge < -0.3 is 14.5 Å². The minimum Gasteiger partial charge on any atom is -0.461 e. The van der Waals surface area contributed by atoms with Gasteiger partial charge >= 0.3 is 6.01 Å². The van der Waals surface area contributed by atoms with Gasteiger partial charge in [-0.1, -0.05) is 41.9 Å². The third-order valence-corrected chi connectivity index (χ3v) is 11.2. The highest BCUT2D eigenvalue weighted by molar-refractivity contribution is 6.36. The van der Waals surface area contributed by atoms with Crippen molar-refractivity contribution in [2.75, 3.05) is 44.7 Å². The fourth-order valence-corrected chi connectivity index (χ4v) is 8.47. The number of anilines is 1. The SMILES string of the molecule is Cc1nccc(CCC(=O)N2CCC(N(C)c3nc(OCC45CCCN4CCC5)nc4c(F)c(-c5cccc6cccc(Cl)c56)ncc34)C2)n1. The number of hydrogen-bond acceptors (Lipinski definition) is 9. The fraction of sp³-hybridized carbons (Fsp3) is 0.421. The summed E-state index contributed by atoms with van der Waals surface area (Å²) >= 11 is 6.65. The summed E-state index contributed by atoms with van der Waals surface area (Å²) in [6, 6.07) is 13.3. The molecule has 3 aromatic heterocycles. The van der Waals surface area contributed by atoms with Crippen molar-refractivity contribution in [2.24, 2.45) is 0 Å². The van der Waals surface area contributed by atoms with E-state index in [0.717, 1.165) is 61.7 Å². The topological polar surface area (TPSA) is 100 Å². The van der Waals surface area contributed by atoms with Crippen LogP contribution >= 0.6 is 11.6 Å². The van der Waals surface area contributed by atoms with Crippen LogP contribution in [0.4, 0.5) is 10.2 Å². The molecule has 2 aromatic carbocycles. The molecular formula is C38H40ClFN8O2. The molecule has 12 heteroatoms. The highest BCUT2D eigenvalue weighted by Gasteiger charge is 2.45. The number of likely N-dealkylation sites (N-methyl/N-ethyl adjacent to an activating group) is 1. The summed E-state index contributed by atoms with van der Waals surface area (Å²) in [4.78, 5) is 42.6. The van der Waals surface area contributed by atoms with Crippen LogP contribution < -0.4 is 9.64 Å². The van der Waals surface area contributed by atoms with Gasteiger partial charge in [-0.25, -0.2) is 14.4 Å². The highest BCUT2D eigenvalue weighted by Crippen LogP contribution is 2.40. The third kappa shape index (κ3) is 6.00. The lowest BCUT2D eigenvalue weighted by molar-refractivity contribution is -0.130. The van der Waals surface area contributed by atoms with E-state index in [4.69, 9.17) is 26.3 Å². The number of pyridine rings is 1. The summed E-state index contributed by atoms with van der Waals surface area (Å²) in [5, 5.41) is 2.64. The number of aryl methyl sites for hydroxylation is 2. The molecule has 3 saturated heterocycles. The van der Waals surface area contributed by atoms with Gasteiger partial charge in [0.15, 0.2) is 5.82 Å². The van der Waals surface area contributed by atoms with E-state index >= 15 is 4.39 Å². The van der Waals surface area contributed by atoms with Crippen LogP contribution in [0.2, 0.25) is 5.02 Å². The van der Waals surface area contributed by atoms with Crippen LogP contribution in [0.1, 0.15) is 50.0 Å². The van der Waals surface area contributed by atoms with E-state index in [1.54, 1.807) is 18.5 Å². The van der Waals surface area contributed by atoms with Crippen LogP contribution in [0.3, 0.4) is 0 Å². The Morgan fingerprint density at radius 2 is 1.86 bits per heavy atom. The van der Waals surface area contributed by atoms with Crippen LogP contribution in [0.25, 0.3) is 32.9 Å². The molecule has 3 aliphatic rings. The predicted octanol–water partition coefficient (Wildman–Crippen LogP) is 6.41. The Bertz CT molecular complexity index is 2080. The average Bonchev–Trinajstić information content (AvgIpc) is 3.87. The van der Waals surface area contributed by atoms with Gasteiger partial charge in [0, 0.05) is 66.7 Å². The molecule has 258 valence electrons. The Morgan fingerprint density at radius 1 is 1.06 bits per heavy atom. The van der Waals surface area contributed by atoms with Crippen molar-refractivity contribution in [1.82, 2.24) is 34.7 Å². The summed E-state index contributed by atoms with van der Waals surface area (Å²) in [6.45, 7) is 5.60. The Morgan fingerprint density at radius 3 is 2.66 bits per heavy atom. The Balaban J connectivity index is 1.12. The van der Waals surface area contributed by atoms with Gasteiger partial charge in [-0.3, -0.25) is 14.7 Å². The summed E-state index contributed by atoms with van der Waals surface area (Å²) in [7, 11) is 1.94. The molecule has 6 heterocycles. The number of aromatic nitrogens is 5. The highest BCUT2D eigenvalue weighted by atomic mass is 35.5. The molecule has 0 saturated carbocycles. The van der Waals surface area contributed by atoms with Crippen molar-refractivity contribution in [2.45, 2.75) is 63.5 Å². The van der Waals surface area contributed by atoms with E-state index in [-0.39, 0.29) is 34.7 Å². The molecule has 1 unspecified atom stereocenters. The minimum absolute atomic E-state index is 0.0250. The zero-order chi connectivity index (χ0) is 34.4. The number of carbonyl (C=O) groups excluding carboxylic acids is 1. The van der Waals surface area contributed by atoms with Gasteiger partial charge in [-0.05, 0) is 76.1 Å². The molecule has 1 atom stereocenters. The number of ether oxygens (including phenoxy) is 1. The Hall–Kier alpha value is -4.48. The third-order valence-electron chi connectivity index (χ3n) is 10.9. The fourth-order valence-electron chi connectivity index (χ4n) is 8.19. The van der Waals surface area contributed by atoms with Crippen molar-refractivity contribution in [1.29, 1.82) is 0 Å². The molecule has 1 amide bonds. The van der Waals surface area contributed by atoms with Crippen LogP contribution in [-0.2, 0) is 11.2 Å². The first-order chi connectivity index (χ1) is 24.3. The second-order valence-corrected chi connectivity index (χ2v) is 14.3. The van der Waals surface area contributed by atoms with Gasteiger partial charge in [0.05, 0.1) is 10.9 Å². The van der Waals surface area contributed by atoms with Crippen molar-refractivity contribution in [3.63, 3.8) is 0 Å². The van der Waals surface area contributed by atoms with Crippen LogP contribution in [-0.4, -0.2) is 92.0 Å². The first kappa shape index (κ1) is 32.7. The number of halogens is 2. The molecule has 3 aliphatic heterocycles. The first-order valence-electron chi connectivity index (χ1n) is 17.5. The van der Waals surface area contributed by atoms with E-state index in [2.05, 4.69) is 19.9 Å². The quantitative estimate of drug-likeness (QED) is 0.173. The Labute approximate surface area is 295 Å². The van der Waals surface area contributed by atoms with E-state index in [1.807, 2.05) is 60.2 Å².